The maximum absolute atomic E-state index is 13.4. The van der Waals surface area contributed by atoms with E-state index in [4.69, 9.17) is 4.98 Å². The van der Waals surface area contributed by atoms with Gasteiger partial charge in [0, 0.05) is 48.2 Å². The Labute approximate surface area is 210 Å². The lowest BCUT2D eigenvalue weighted by Crippen LogP contribution is -2.28. The molecule has 1 saturated carbocycles. The van der Waals surface area contributed by atoms with Crippen molar-refractivity contribution in [3.63, 3.8) is 0 Å². The second kappa shape index (κ2) is 8.67. The minimum atomic E-state index is -3.67. The van der Waals surface area contributed by atoms with Crippen LogP contribution in [0.25, 0.3) is 16.6 Å². The third-order valence-corrected chi connectivity index (χ3v) is 8.51. The van der Waals surface area contributed by atoms with Gasteiger partial charge in [-0.3, -0.25) is 14.2 Å². The van der Waals surface area contributed by atoms with Gasteiger partial charge < -0.3 is 5.32 Å². The fraction of sp³-hybridized carbons (Fsp3) is 0.440. The first-order valence-corrected chi connectivity index (χ1v) is 13.9. The predicted octanol–water partition coefficient (Wildman–Crippen LogP) is 3.46. The fourth-order valence-corrected chi connectivity index (χ4v) is 6.49. The molecule has 1 fully saturated rings. The number of pyridine rings is 1. The van der Waals surface area contributed by atoms with Gasteiger partial charge in [0.25, 0.3) is 0 Å². The summed E-state index contributed by atoms with van der Waals surface area (Å²) in [5.74, 6) is 2.10. The summed E-state index contributed by atoms with van der Waals surface area (Å²) in [4.78, 5) is 5.10. The van der Waals surface area contributed by atoms with Crippen LogP contribution in [0.4, 0.5) is 5.95 Å². The Hall–Kier alpha value is -3.31. The Morgan fingerprint density at radius 1 is 1.17 bits per heavy atom. The van der Waals surface area contributed by atoms with Crippen LogP contribution in [0.15, 0.2) is 41.8 Å². The Morgan fingerprint density at radius 2 is 2.00 bits per heavy atom. The summed E-state index contributed by atoms with van der Waals surface area (Å²) in [6, 6.07) is 5.71. The van der Waals surface area contributed by atoms with Crippen LogP contribution < -0.4 is 10.0 Å². The zero-order chi connectivity index (χ0) is 25.0. The molecule has 1 atom stereocenters. The van der Waals surface area contributed by atoms with Gasteiger partial charge in [0.05, 0.1) is 17.1 Å². The van der Waals surface area contributed by atoms with Gasteiger partial charge in [0.2, 0.25) is 16.0 Å². The van der Waals surface area contributed by atoms with E-state index in [1.54, 1.807) is 17.2 Å². The van der Waals surface area contributed by atoms with Gasteiger partial charge in [0.1, 0.15) is 12.1 Å². The Kier molecular flexibility index (Phi) is 5.56. The molecule has 10 nitrogen and oxygen atoms in total. The lowest BCUT2D eigenvalue weighted by molar-refractivity contribution is 0.561. The molecule has 2 aliphatic rings. The molecule has 3 aromatic heterocycles. The third kappa shape index (κ3) is 4.05. The highest BCUT2D eigenvalue weighted by molar-refractivity contribution is 7.89. The van der Waals surface area contributed by atoms with Crippen LogP contribution >= 0.6 is 0 Å². The highest BCUT2D eigenvalue weighted by Crippen LogP contribution is 2.44. The number of fused-ring (bicyclic) bond motifs is 3. The van der Waals surface area contributed by atoms with Crippen LogP contribution in [0.3, 0.4) is 0 Å². The topological polar surface area (TPSA) is 120 Å². The highest BCUT2D eigenvalue weighted by atomic mass is 32.2. The lowest BCUT2D eigenvalue weighted by atomic mass is 9.99. The molecule has 1 unspecified atom stereocenters. The maximum atomic E-state index is 13.4. The number of aromatic nitrogens is 6. The van der Waals surface area contributed by atoms with Crippen LogP contribution in [-0.4, -0.2) is 44.5 Å². The second-order valence-corrected chi connectivity index (χ2v) is 11.9. The zero-order valence-electron chi connectivity index (χ0n) is 20.6. The standard InChI is InChI=1S/C25H30N8O2S/c1-15(2)12-29-36(34,35)22-10-17-6-7-20(24(17)19-13-26-21(11-18(19)22)16-4-5-16)30-25-31-27-14-33(25)23-8-9-28-32(23)3/h8-11,13-16,20,29H,4-7,12H2,1-3H3,(H,30,31). The van der Waals surface area contributed by atoms with Crippen LogP contribution in [0.2, 0.25) is 0 Å². The Balaban J connectivity index is 1.44. The first-order chi connectivity index (χ1) is 17.3. The lowest BCUT2D eigenvalue weighted by Gasteiger charge is -2.19. The van der Waals surface area contributed by atoms with Gasteiger partial charge in [-0.15, -0.1) is 10.2 Å². The summed E-state index contributed by atoms with van der Waals surface area (Å²) < 4.78 is 33.3. The molecule has 36 heavy (non-hydrogen) atoms. The van der Waals surface area contributed by atoms with Gasteiger partial charge in [-0.1, -0.05) is 13.8 Å². The van der Waals surface area contributed by atoms with Crippen molar-refractivity contribution in [2.75, 3.05) is 11.9 Å². The van der Waals surface area contributed by atoms with Crippen molar-refractivity contribution in [1.29, 1.82) is 0 Å². The third-order valence-electron chi connectivity index (χ3n) is 7.04. The molecule has 0 radical (unpaired) electrons. The molecule has 4 aromatic rings. The van der Waals surface area contributed by atoms with Crippen molar-refractivity contribution < 1.29 is 8.42 Å². The SMILES string of the molecule is CC(C)CNS(=O)(=O)c1cc2c(c3cnc(C4CC4)cc13)C(Nc1nncn1-c1ccnn1C)CC2. The second-order valence-electron chi connectivity index (χ2n) is 10.2. The molecule has 2 aliphatic carbocycles. The average molecular weight is 507 g/mol. The molecule has 0 aliphatic heterocycles. The number of sulfonamides is 1. The molecular weight excluding hydrogens is 476 g/mol. The summed E-state index contributed by atoms with van der Waals surface area (Å²) in [5, 5.41) is 17.8. The molecule has 1 aromatic carbocycles. The smallest absolute Gasteiger partial charge is 0.241 e. The first kappa shape index (κ1) is 23.1. The first-order valence-electron chi connectivity index (χ1n) is 12.4. The van der Waals surface area contributed by atoms with Gasteiger partial charge in [-0.2, -0.15) is 5.10 Å². The van der Waals surface area contributed by atoms with Crippen LogP contribution in [0.5, 0.6) is 0 Å². The summed E-state index contributed by atoms with van der Waals surface area (Å²) in [5.41, 5.74) is 3.08. The van der Waals surface area contributed by atoms with E-state index in [9.17, 15) is 8.42 Å². The van der Waals surface area contributed by atoms with E-state index in [1.165, 1.54) is 0 Å². The summed E-state index contributed by atoms with van der Waals surface area (Å²) in [7, 11) is -1.80. The maximum Gasteiger partial charge on any atom is 0.241 e. The monoisotopic (exact) mass is 506 g/mol. The Morgan fingerprint density at radius 3 is 2.72 bits per heavy atom. The van der Waals surface area contributed by atoms with E-state index in [0.717, 1.165) is 59.1 Å². The van der Waals surface area contributed by atoms with Crippen LogP contribution in [0.1, 0.15) is 61.9 Å². The van der Waals surface area contributed by atoms with E-state index in [0.29, 0.717) is 23.3 Å². The molecule has 11 heteroatoms. The van der Waals surface area contributed by atoms with E-state index in [-0.39, 0.29) is 12.0 Å². The summed E-state index contributed by atoms with van der Waals surface area (Å²) >= 11 is 0. The van der Waals surface area contributed by atoms with Crippen LogP contribution in [0, 0.1) is 5.92 Å². The van der Waals surface area contributed by atoms with E-state index >= 15 is 0 Å². The van der Waals surface area contributed by atoms with Crippen molar-refractivity contribution in [2.45, 2.75) is 56.4 Å². The number of hydrogen-bond donors (Lipinski definition) is 2. The zero-order valence-corrected chi connectivity index (χ0v) is 21.5. The molecule has 3 heterocycles. The number of hydrogen-bond acceptors (Lipinski definition) is 7. The molecule has 188 valence electrons. The highest BCUT2D eigenvalue weighted by Gasteiger charge is 2.32. The van der Waals surface area contributed by atoms with E-state index < -0.39 is 10.0 Å². The average Bonchev–Trinajstić information content (AvgIpc) is 3.25. The largest absolute Gasteiger partial charge is 0.347 e. The van der Waals surface area contributed by atoms with Crippen molar-refractivity contribution in [3.8, 4) is 5.82 Å². The van der Waals surface area contributed by atoms with Crippen molar-refractivity contribution in [2.24, 2.45) is 13.0 Å². The van der Waals surface area contributed by atoms with E-state index in [2.05, 4.69) is 25.3 Å². The minimum absolute atomic E-state index is 0.0485. The quantitative estimate of drug-likeness (QED) is 0.376. The molecule has 0 spiro atoms. The van der Waals surface area contributed by atoms with Crippen molar-refractivity contribution >= 4 is 26.7 Å². The number of nitrogens with one attached hydrogen (secondary N) is 2. The van der Waals surface area contributed by atoms with Gasteiger partial charge in [-0.25, -0.2) is 13.1 Å². The minimum Gasteiger partial charge on any atom is -0.347 e. The van der Waals surface area contributed by atoms with Gasteiger partial charge in [-0.05, 0) is 54.9 Å². The summed E-state index contributed by atoms with van der Waals surface area (Å²) in [6.45, 7) is 4.40. The summed E-state index contributed by atoms with van der Waals surface area (Å²) in [6.07, 6.45) is 9.05. The number of aryl methyl sites for hydroxylation is 2. The molecular formula is C25H30N8O2S. The van der Waals surface area contributed by atoms with E-state index in [1.807, 2.05) is 49.9 Å². The number of benzene rings is 1. The molecule has 6 rings (SSSR count). The Bertz CT molecular complexity index is 1550. The molecule has 0 saturated heterocycles. The molecule has 0 bridgehead atoms. The van der Waals surface area contributed by atoms with Crippen LogP contribution in [-0.2, 0) is 23.5 Å². The predicted molar refractivity (Wildman–Crippen MR) is 137 cm³/mol. The van der Waals surface area contributed by atoms with Crippen molar-refractivity contribution in [3.05, 3.63) is 53.7 Å². The number of anilines is 1. The number of rotatable bonds is 8. The fourth-order valence-electron chi connectivity index (χ4n) is 5.02. The van der Waals surface area contributed by atoms with Crippen molar-refractivity contribution in [1.82, 2.24) is 34.3 Å². The number of nitrogens with zero attached hydrogens (tertiary/aromatic N) is 6. The molecule has 0 amide bonds. The van der Waals surface area contributed by atoms with Gasteiger partial charge >= 0.3 is 0 Å². The van der Waals surface area contributed by atoms with Gasteiger partial charge in [0.15, 0.2) is 0 Å². The normalized spacial score (nSPS) is 17.7. The molecule has 2 N–H and O–H groups in total.